The molecule has 0 unspecified atom stereocenters. The Morgan fingerprint density at radius 2 is 1.94 bits per heavy atom. The SMILES string of the molecule is C#CCN1CCN(c2ccc(NC(=O)CSc3nnc(-c4ccccn4)o3)cc2)CC1. The smallest absolute Gasteiger partial charge is 0.277 e. The Bertz CT molecular complexity index is 1040. The summed E-state index contributed by atoms with van der Waals surface area (Å²) in [7, 11) is 0. The highest BCUT2D eigenvalue weighted by molar-refractivity contribution is 7.99. The van der Waals surface area contributed by atoms with Crippen molar-refractivity contribution in [2.45, 2.75) is 5.22 Å². The number of terminal acetylenes is 1. The molecule has 3 heterocycles. The quantitative estimate of drug-likeness (QED) is 0.449. The van der Waals surface area contributed by atoms with Gasteiger partial charge in [-0.05, 0) is 36.4 Å². The third kappa shape index (κ3) is 5.63. The van der Waals surface area contributed by atoms with Gasteiger partial charge in [0.15, 0.2) is 0 Å². The maximum absolute atomic E-state index is 12.3. The van der Waals surface area contributed by atoms with Crippen LogP contribution < -0.4 is 10.2 Å². The lowest BCUT2D eigenvalue weighted by Gasteiger charge is -2.35. The Kier molecular flexibility index (Phi) is 6.82. The van der Waals surface area contributed by atoms with E-state index in [1.54, 1.807) is 12.3 Å². The van der Waals surface area contributed by atoms with Crippen molar-refractivity contribution in [3.8, 4) is 23.9 Å². The van der Waals surface area contributed by atoms with E-state index in [1.807, 2.05) is 36.4 Å². The highest BCUT2D eigenvalue weighted by Gasteiger charge is 2.16. The van der Waals surface area contributed by atoms with Gasteiger partial charge in [0.25, 0.3) is 11.1 Å². The third-order valence-corrected chi connectivity index (χ3v) is 5.64. The normalized spacial score (nSPS) is 14.2. The van der Waals surface area contributed by atoms with Gasteiger partial charge in [-0.1, -0.05) is 23.7 Å². The monoisotopic (exact) mass is 434 g/mol. The molecular formula is C22H22N6O2S. The summed E-state index contributed by atoms with van der Waals surface area (Å²) in [5.41, 5.74) is 2.49. The maximum Gasteiger partial charge on any atom is 0.277 e. The zero-order valence-electron chi connectivity index (χ0n) is 16.9. The zero-order valence-corrected chi connectivity index (χ0v) is 17.7. The van der Waals surface area contributed by atoms with Crippen LogP contribution in [0.1, 0.15) is 0 Å². The minimum absolute atomic E-state index is 0.141. The van der Waals surface area contributed by atoms with E-state index in [0.717, 1.165) is 37.6 Å². The number of nitrogens with zero attached hydrogens (tertiary/aromatic N) is 5. The molecule has 0 spiro atoms. The summed E-state index contributed by atoms with van der Waals surface area (Å²) >= 11 is 1.19. The predicted octanol–water partition coefficient (Wildman–Crippen LogP) is 2.62. The van der Waals surface area contributed by atoms with E-state index in [-0.39, 0.29) is 11.7 Å². The van der Waals surface area contributed by atoms with E-state index in [0.29, 0.717) is 23.4 Å². The lowest BCUT2D eigenvalue weighted by Crippen LogP contribution is -2.46. The highest BCUT2D eigenvalue weighted by atomic mass is 32.2. The van der Waals surface area contributed by atoms with Gasteiger partial charge in [-0.3, -0.25) is 14.7 Å². The molecule has 1 amide bonds. The molecule has 1 aliphatic heterocycles. The molecule has 0 bridgehead atoms. The first-order chi connectivity index (χ1) is 15.2. The Hall–Kier alpha value is -3.35. The molecule has 1 aromatic carbocycles. The molecule has 0 atom stereocenters. The number of thioether (sulfide) groups is 1. The third-order valence-electron chi connectivity index (χ3n) is 4.82. The van der Waals surface area contributed by atoms with Crippen LogP contribution >= 0.6 is 11.8 Å². The second kappa shape index (κ2) is 10.1. The molecule has 31 heavy (non-hydrogen) atoms. The van der Waals surface area contributed by atoms with Crippen molar-refractivity contribution in [1.82, 2.24) is 20.1 Å². The number of hydrogen-bond donors (Lipinski definition) is 1. The van der Waals surface area contributed by atoms with Gasteiger partial charge in [0.2, 0.25) is 5.91 Å². The predicted molar refractivity (Wildman–Crippen MR) is 121 cm³/mol. The summed E-state index contributed by atoms with van der Waals surface area (Å²) in [5, 5.41) is 11.1. The van der Waals surface area contributed by atoms with Crippen LogP contribution in [0.15, 0.2) is 58.3 Å². The molecule has 8 nitrogen and oxygen atoms in total. The van der Waals surface area contributed by atoms with Crippen LogP contribution in [0.5, 0.6) is 0 Å². The first-order valence-corrected chi connectivity index (χ1v) is 10.9. The van der Waals surface area contributed by atoms with Crippen molar-refractivity contribution < 1.29 is 9.21 Å². The minimum atomic E-state index is -0.141. The Labute approximate surface area is 185 Å². The summed E-state index contributed by atoms with van der Waals surface area (Å²) in [5.74, 6) is 3.06. The molecule has 4 rings (SSSR count). The van der Waals surface area contributed by atoms with Crippen LogP contribution in [-0.4, -0.2) is 64.5 Å². The fourth-order valence-electron chi connectivity index (χ4n) is 3.23. The van der Waals surface area contributed by atoms with Gasteiger partial charge in [-0.15, -0.1) is 16.6 Å². The van der Waals surface area contributed by atoms with Gasteiger partial charge in [-0.25, -0.2) is 0 Å². The van der Waals surface area contributed by atoms with E-state index in [2.05, 4.69) is 36.2 Å². The van der Waals surface area contributed by atoms with Crippen LogP contribution in [0.2, 0.25) is 0 Å². The summed E-state index contributed by atoms with van der Waals surface area (Å²) in [6.07, 6.45) is 7.04. The van der Waals surface area contributed by atoms with E-state index in [4.69, 9.17) is 10.8 Å². The molecule has 1 saturated heterocycles. The van der Waals surface area contributed by atoms with Crippen molar-refractivity contribution >= 4 is 29.0 Å². The molecule has 1 aliphatic rings. The number of pyridine rings is 1. The number of carbonyl (C=O) groups is 1. The van der Waals surface area contributed by atoms with E-state index in [9.17, 15) is 4.79 Å². The number of nitrogens with one attached hydrogen (secondary N) is 1. The van der Waals surface area contributed by atoms with Crippen LogP contribution in [0.4, 0.5) is 11.4 Å². The van der Waals surface area contributed by atoms with Gasteiger partial charge in [-0.2, -0.15) is 0 Å². The number of amides is 1. The van der Waals surface area contributed by atoms with Gasteiger partial charge >= 0.3 is 0 Å². The number of piperazine rings is 1. The van der Waals surface area contributed by atoms with Crippen LogP contribution in [-0.2, 0) is 4.79 Å². The van der Waals surface area contributed by atoms with Crippen LogP contribution in [0.25, 0.3) is 11.6 Å². The molecule has 0 aliphatic carbocycles. The fourth-order valence-corrected chi connectivity index (χ4v) is 3.80. The second-order valence-electron chi connectivity index (χ2n) is 6.94. The largest absolute Gasteiger partial charge is 0.410 e. The number of benzene rings is 1. The van der Waals surface area contributed by atoms with E-state index < -0.39 is 0 Å². The van der Waals surface area contributed by atoms with Crippen LogP contribution in [0.3, 0.4) is 0 Å². The van der Waals surface area contributed by atoms with Crippen molar-refractivity contribution in [3.63, 3.8) is 0 Å². The maximum atomic E-state index is 12.3. The number of hydrogen-bond acceptors (Lipinski definition) is 8. The first-order valence-electron chi connectivity index (χ1n) is 9.89. The highest BCUT2D eigenvalue weighted by Crippen LogP contribution is 2.23. The Morgan fingerprint density at radius 1 is 1.13 bits per heavy atom. The number of anilines is 2. The number of aromatic nitrogens is 3. The van der Waals surface area contributed by atoms with Crippen molar-refractivity contribution in [1.29, 1.82) is 0 Å². The zero-order chi connectivity index (χ0) is 21.5. The van der Waals surface area contributed by atoms with Crippen molar-refractivity contribution in [2.24, 2.45) is 0 Å². The Morgan fingerprint density at radius 3 is 2.65 bits per heavy atom. The first kappa shape index (κ1) is 20.9. The molecule has 1 N–H and O–H groups in total. The number of rotatable bonds is 7. The van der Waals surface area contributed by atoms with Gasteiger partial charge in [0.1, 0.15) is 5.69 Å². The lowest BCUT2D eigenvalue weighted by molar-refractivity contribution is -0.113. The standard InChI is InChI=1S/C22H22N6O2S/c1-2-11-27-12-14-28(15-13-27)18-8-6-17(7-9-18)24-20(29)16-31-22-26-25-21(30-22)19-5-3-4-10-23-19/h1,3-10H,11-16H2,(H,24,29). The fraction of sp³-hybridized carbons (Fsp3) is 0.273. The molecule has 2 aromatic heterocycles. The number of carbonyl (C=O) groups excluding carboxylic acids is 1. The molecule has 9 heteroatoms. The van der Waals surface area contributed by atoms with E-state index in [1.165, 1.54) is 11.8 Å². The molecular weight excluding hydrogens is 412 g/mol. The second-order valence-corrected chi connectivity index (χ2v) is 7.87. The van der Waals surface area contributed by atoms with Crippen molar-refractivity contribution in [3.05, 3.63) is 48.7 Å². The van der Waals surface area contributed by atoms with Gasteiger partial charge < -0.3 is 14.6 Å². The summed E-state index contributed by atoms with van der Waals surface area (Å²) in [4.78, 5) is 21.0. The van der Waals surface area contributed by atoms with Crippen LogP contribution in [0, 0.1) is 12.3 Å². The molecule has 0 radical (unpaired) electrons. The van der Waals surface area contributed by atoms with Crippen molar-refractivity contribution in [2.75, 3.05) is 48.7 Å². The summed E-state index contributed by atoms with van der Waals surface area (Å²) < 4.78 is 5.55. The molecule has 3 aromatic rings. The molecule has 1 fully saturated rings. The van der Waals surface area contributed by atoms with Gasteiger partial charge in [0.05, 0.1) is 12.3 Å². The average Bonchev–Trinajstić information content (AvgIpc) is 3.29. The summed E-state index contributed by atoms with van der Waals surface area (Å²) in [6.45, 7) is 4.49. The minimum Gasteiger partial charge on any atom is -0.410 e. The average molecular weight is 435 g/mol. The Balaban J connectivity index is 1.25. The summed E-state index contributed by atoms with van der Waals surface area (Å²) in [6, 6.07) is 13.3. The topological polar surface area (TPSA) is 87.4 Å². The molecule has 0 saturated carbocycles. The lowest BCUT2D eigenvalue weighted by atomic mass is 10.2. The van der Waals surface area contributed by atoms with Gasteiger partial charge in [0, 0.05) is 43.8 Å². The molecule has 158 valence electrons. The van der Waals surface area contributed by atoms with E-state index >= 15 is 0 Å².